The van der Waals surface area contributed by atoms with Crippen molar-refractivity contribution in [1.82, 2.24) is 9.78 Å². The third-order valence-electron chi connectivity index (χ3n) is 3.87. The van der Waals surface area contributed by atoms with E-state index < -0.39 is 10.0 Å². The summed E-state index contributed by atoms with van der Waals surface area (Å²) >= 11 is 0. The highest BCUT2D eigenvalue weighted by atomic mass is 32.2. The Balaban J connectivity index is 2.56. The summed E-state index contributed by atoms with van der Waals surface area (Å²) in [6.07, 6.45) is 1.53. The number of anilines is 1. The van der Waals surface area contributed by atoms with E-state index in [9.17, 15) is 8.42 Å². The molecule has 0 amide bonds. The largest absolute Gasteiger partial charge is 0.279 e. The standard InChI is InChI=1S/C17H25N3O2S/c1-11(2)14-8-7-9-15(12(3)4)17(14)19-23(21,22)16-10-20(6)18-13(16)5/h7-12,19H,1-6H3. The highest BCUT2D eigenvalue weighted by Gasteiger charge is 2.23. The van der Waals surface area contributed by atoms with Crippen LogP contribution in [0, 0.1) is 6.92 Å². The molecule has 1 N–H and O–H groups in total. The number of aryl methyl sites for hydroxylation is 2. The Morgan fingerprint density at radius 3 is 2.00 bits per heavy atom. The first-order valence-corrected chi connectivity index (χ1v) is 9.27. The summed E-state index contributed by atoms with van der Waals surface area (Å²) in [5.74, 6) is 0.447. The van der Waals surface area contributed by atoms with Gasteiger partial charge < -0.3 is 0 Å². The Labute approximate surface area is 138 Å². The normalized spacial score (nSPS) is 12.2. The van der Waals surface area contributed by atoms with Crippen LogP contribution in [-0.2, 0) is 17.1 Å². The molecule has 0 atom stereocenters. The van der Waals surface area contributed by atoms with Gasteiger partial charge in [0, 0.05) is 13.2 Å². The quantitative estimate of drug-likeness (QED) is 0.904. The van der Waals surface area contributed by atoms with Gasteiger partial charge in [0.25, 0.3) is 10.0 Å². The second kappa shape index (κ2) is 6.35. The fourth-order valence-electron chi connectivity index (χ4n) is 2.70. The Kier molecular flexibility index (Phi) is 4.84. The van der Waals surface area contributed by atoms with Crippen LogP contribution < -0.4 is 4.72 Å². The monoisotopic (exact) mass is 335 g/mol. The third-order valence-corrected chi connectivity index (χ3v) is 5.32. The van der Waals surface area contributed by atoms with Crippen LogP contribution in [0.4, 0.5) is 5.69 Å². The van der Waals surface area contributed by atoms with E-state index in [1.54, 1.807) is 14.0 Å². The predicted octanol–water partition coefficient (Wildman–Crippen LogP) is 3.78. The van der Waals surface area contributed by atoms with E-state index >= 15 is 0 Å². The highest BCUT2D eigenvalue weighted by molar-refractivity contribution is 7.92. The molecule has 0 aliphatic rings. The van der Waals surface area contributed by atoms with Gasteiger partial charge >= 0.3 is 0 Å². The molecule has 0 saturated carbocycles. The molecule has 0 spiro atoms. The second-order valence-electron chi connectivity index (χ2n) is 6.48. The van der Waals surface area contributed by atoms with Crippen LogP contribution >= 0.6 is 0 Å². The second-order valence-corrected chi connectivity index (χ2v) is 8.13. The number of sulfonamides is 1. The van der Waals surface area contributed by atoms with Crippen molar-refractivity contribution in [2.45, 2.75) is 51.3 Å². The van der Waals surface area contributed by atoms with Crippen LogP contribution in [0.2, 0.25) is 0 Å². The van der Waals surface area contributed by atoms with Crippen molar-refractivity contribution in [2.75, 3.05) is 4.72 Å². The maximum Gasteiger partial charge on any atom is 0.265 e. The van der Waals surface area contributed by atoms with Gasteiger partial charge in [0.05, 0.1) is 11.4 Å². The van der Waals surface area contributed by atoms with Crippen molar-refractivity contribution in [3.63, 3.8) is 0 Å². The maximum absolute atomic E-state index is 12.8. The molecule has 23 heavy (non-hydrogen) atoms. The molecule has 1 aromatic heterocycles. The minimum atomic E-state index is -3.67. The number of nitrogens with one attached hydrogen (secondary N) is 1. The summed E-state index contributed by atoms with van der Waals surface area (Å²) in [5.41, 5.74) is 3.19. The average molecular weight is 335 g/mol. The minimum Gasteiger partial charge on any atom is -0.279 e. The summed E-state index contributed by atoms with van der Waals surface area (Å²) < 4.78 is 30.0. The van der Waals surface area contributed by atoms with Crippen LogP contribution in [0.1, 0.15) is 56.4 Å². The molecular weight excluding hydrogens is 310 g/mol. The highest BCUT2D eigenvalue weighted by Crippen LogP contribution is 2.34. The van der Waals surface area contributed by atoms with E-state index in [0.29, 0.717) is 11.4 Å². The van der Waals surface area contributed by atoms with E-state index in [1.165, 1.54) is 10.9 Å². The van der Waals surface area contributed by atoms with E-state index in [4.69, 9.17) is 0 Å². The van der Waals surface area contributed by atoms with Gasteiger partial charge in [-0.2, -0.15) is 5.10 Å². The lowest BCUT2D eigenvalue weighted by Gasteiger charge is -2.20. The first kappa shape index (κ1) is 17.5. The molecular formula is C17H25N3O2S. The smallest absolute Gasteiger partial charge is 0.265 e. The summed E-state index contributed by atoms with van der Waals surface area (Å²) in [4.78, 5) is 0.216. The molecule has 0 fully saturated rings. The van der Waals surface area contributed by atoms with E-state index in [-0.39, 0.29) is 16.7 Å². The Bertz CT molecular complexity index is 779. The van der Waals surface area contributed by atoms with E-state index in [0.717, 1.165) is 11.1 Å². The maximum atomic E-state index is 12.8. The van der Waals surface area contributed by atoms with Crippen molar-refractivity contribution in [3.8, 4) is 0 Å². The topological polar surface area (TPSA) is 64.0 Å². The number of aromatic nitrogens is 2. The van der Waals surface area contributed by atoms with Crippen molar-refractivity contribution in [3.05, 3.63) is 41.2 Å². The molecule has 0 bridgehead atoms. The lowest BCUT2D eigenvalue weighted by atomic mass is 9.93. The molecule has 0 radical (unpaired) electrons. The Morgan fingerprint density at radius 2 is 1.61 bits per heavy atom. The number of hydrogen-bond acceptors (Lipinski definition) is 3. The summed E-state index contributed by atoms with van der Waals surface area (Å²) in [6, 6.07) is 5.94. The van der Waals surface area contributed by atoms with Gasteiger partial charge in [-0.15, -0.1) is 0 Å². The molecule has 5 nitrogen and oxygen atoms in total. The zero-order chi connectivity index (χ0) is 17.4. The number of benzene rings is 1. The molecule has 0 unspecified atom stereocenters. The van der Waals surface area contributed by atoms with E-state index in [1.807, 2.05) is 18.2 Å². The number of nitrogens with zero attached hydrogens (tertiary/aromatic N) is 2. The fourth-order valence-corrected chi connectivity index (χ4v) is 4.04. The molecule has 126 valence electrons. The zero-order valence-corrected chi connectivity index (χ0v) is 15.4. The van der Waals surface area contributed by atoms with Gasteiger partial charge in [-0.05, 0) is 29.9 Å². The Hall–Kier alpha value is -1.82. The van der Waals surface area contributed by atoms with Gasteiger partial charge in [0.2, 0.25) is 0 Å². The Morgan fingerprint density at radius 1 is 1.09 bits per heavy atom. The van der Waals surface area contributed by atoms with Crippen LogP contribution in [0.15, 0.2) is 29.3 Å². The van der Waals surface area contributed by atoms with Crippen molar-refractivity contribution in [1.29, 1.82) is 0 Å². The van der Waals surface area contributed by atoms with Crippen LogP contribution in [-0.4, -0.2) is 18.2 Å². The zero-order valence-electron chi connectivity index (χ0n) is 14.6. The number of rotatable bonds is 5. The summed E-state index contributed by atoms with van der Waals surface area (Å²) in [7, 11) is -1.95. The number of para-hydroxylation sites is 1. The minimum absolute atomic E-state index is 0.216. The molecule has 2 aromatic rings. The SMILES string of the molecule is Cc1nn(C)cc1S(=O)(=O)Nc1c(C(C)C)cccc1C(C)C. The molecule has 6 heteroatoms. The van der Waals surface area contributed by atoms with Gasteiger partial charge in [0.15, 0.2) is 0 Å². The van der Waals surface area contributed by atoms with Gasteiger partial charge in [-0.1, -0.05) is 45.9 Å². The number of hydrogen-bond donors (Lipinski definition) is 1. The van der Waals surface area contributed by atoms with E-state index in [2.05, 4.69) is 37.5 Å². The average Bonchev–Trinajstić information content (AvgIpc) is 2.77. The molecule has 0 saturated heterocycles. The first-order chi connectivity index (χ1) is 10.6. The molecule has 1 aromatic carbocycles. The van der Waals surface area contributed by atoms with Crippen LogP contribution in [0.3, 0.4) is 0 Å². The van der Waals surface area contributed by atoms with Crippen LogP contribution in [0.25, 0.3) is 0 Å². The first-order valence-electron chi connectivity index (χ1n) is 7.79. The summed E-state index contributed by atoms with van der Waals surface area (Å²) in [6.45, 7) is 9.95. The molecule has 0 aliphatic heterocycles. The van der Waals surface area contributed by atoms with Gasteiger partial charge in [-0.3, -0.25) is 9.40 Å². The third kappa shape index (κ3) is 3.58. The van der Waals surface area contributed by atoms with Gasteiger partial charge in [-0.25, -0.2) is 8.42 Å². The fraction of sp³-hybridized carbons (Fsp3) is 0.471. The predicted molar refractivity (Wildman–Crippen MR) is 93.4 cm³/mol. The molecule has 0 aliphatic carbocycles. The van der Waals surface area contributed by atoms with Gasteiger partial charge in [0.1, 0.15) is 4.90 Å². The van der Waals surface area contributed by atoms with Crippen molar-refractivity contribution >= 4 is 15.7 Å². The van der Waals surface area contributed by atoms with Crippen molar-refractivity contribution < 1.29 is 8.42 Å². The molecule has 2 rings (SSSR count). The summed E-state index contributed by atoms with van der Waals surface area (Å²) in [5, 5.41) is 4.13. The van der Waals surface area contributed by atoms with Crippen molar-refractivity contribution in [2.24, 2.45) is 7.05 Å². The van der Waals surface area contributed by atoms with Crippen LogP contribution in [0.5, 0.6) is 0 Å². The lowest BCUT2D eigenvalue weighted by molar-refractivity contribution is 0.600. The molecule has 1 heterocycles. The lowest BCUT2D eigenvalue weighted by Crippen LogP contribution is -2.17.